The molecule has 3 aromatic rings. The van der Waals surface area contributed by atoms with Gasteiger partial charge in [0.2, 0.25) is 5.95 Å². The monoisotopic (exact) mass is 508 g/mol. The molecule has 1 fully saturated rings. The van der Waals surface area contributed by atoms with Crippen LogP contribution < -0.4 is 9.80 Å². The Morgan fingerprint density at radius 3 is 2.36 bits per heavy atom. The van der Waals surface area contributed by atoms with Crippen LogP contribution in [0, 0.1) is 5.92 Å². The van der Waals surface area contributed by atoms with Crippen molar-refractivity contribution in [1.29, 1.82) is 0 Å². The van der Waals surface area contributed by atoms with E-state index in [1.54, 1.807) is 6.20 Å². The molecule has 190 valence electrons. The fraction of sp³-hybridized carbons (Fsp3) is 0.393. The van der Waals surface area contributed by atoms with Crippen molar-refractivity contribution in [2.75, 3.05) is 36.1 Å². The van der Waals surface area contributed by atoms with E-state index in [-0.39, 0.29) is 12.6 Å². The van der Waals surface area contributed by atoms with Crippen LogP contribution in [0.4, 0.5) is 23.1 Å². The van der Waals surface area contributed by atoms with E-state index in [0.717, 1.165) is 43.1 Å². The van der Waals surface area contributed by atoms with E-state index in [0.29, 0.717) is 23.5 Å². The highest BCUT2D eigenvalue weighted by atomic mass is 35.5. The Balaban J connectivity index is 1.40. The Labute approximate surface area is 218 Å². The van der Waals surface area contributed by atoms with Gasteiger partial charge in [0.15, 0.2) is 0 Å². The van der Waals surface area contributed by atoms with E-state index < -0.39 is 5.60 Å². The third kappa shape index (κ3) is 7.18. The van der Waals surface area contributed by atoms with Gasteiger partial charge in [-0.2, -0.15) is 4.98 Å². The van der Waals surface area contributed by atoms with E-state index in [9.17, 15) is 4.79 Å². The second-order valence-electron chi connectivity index (χ2n) is 9.89. The molecule has 2 heterocycles. The molecule has 0 bridgehead atoms. The molecule has 7 nitrogen and oxygen atoms in total. The highest BCUT2D eigenvalue weighted by molar-refractivity contribution is 6.30. The highest BCUT2D eigenvalue weighted by Crippen LogP contribution is 2.34. The quantitative estimate of drug-likeness (QED) is 0.337. The van der Waals surface area contributed by atoms with Crippen molar-refractivity contribution in [2.45, 2.75) is 39.2 Å². The second kappa shape index (κ2) is 11.7. The fourth-order valence-corrected chi connectivity index (χ4v) is 4.30. The molecule has 4 rings (SSSR count). The van der Waals surface area contributed by atoms with Crippen LogP contribution in [0.1, 0.15) is 33.6 Å². The van der Waals surface area contributed by atoms with Gasteiger partial charge in [-0.05, 0) is 82.0 Å². The maximum Gasteiger partial charge on any atom is 0.332 e. The summed E-state index contributed by atoms with van der Waals surface area (Å²) in [7, 11) is 0. The van der Waals surface area contributed by atoms with Crippen LogP contribution >= 0.6 is 11.6 Å². The molecule has 8 heteroatoms. The summed E-state index contributed by atoms with van der Waals surface area (Å²) in [6.45, 7) is 7.76. The smallest absolute Gasteiger partial charge is 0.332 e. The summed E-state index contributed by atoms with van der Waals surface area (Å²) in [6, 6.07) is 19.8. The van der Waals surface area contributed by atoms with Crippen molar-refractivity contribution in [2.24, 2.45) is 5.92 Å². The molecule has 2 aromatic carbocycles. The molecular weight excluding hydrogens is 476 g/mol. The van der Waals surface area contributed by atoms with Crippen molar-refractivity contribution < 1.29 is 14.3 Å². The lowest BCUT2D eigenvalue weighted by Gasteiger charge is -2.32. The summed E-state index contributed by atoms with van der Waals surface area (Å²) in [6.07, 6.45) is 3.70. The van der Waals surface area contributed by atoms with Crippen LogP contribution in [-0.4, -0.2) is 47.8 Å². The zero-order chi connectivity index (χ0) is 25.5. The highest BCUT2D eigenvalue weighted by Gasteiger charge is 2.23. The van der Waals surface area contributed by atoms with Crippen LogP contribution in [0.3, 0.4) is 0 Å². The number of nitrogens with zero attached hydrogens (tertiary/aromatic N) is 4. The third-order valence-electron chi connectivity index (χ3n) is 5.85. The number of rotatable bonds is 8. The summed E-state index contributed by atoms with van der Waals surface area (Å²) in [4.78, 5) is 25.7. The minimum Gasteiger partial charge on any atom is -0.458 e. The lowest BCUT2D eigenvalue weighted by molar-refractivity contribution is -0.160. The number of aromatic nitrogens is 2. The lowest BCUT2D eigenvalue weighted by Crippen LogP contribution is -2.36. The van der Waals surface area contributed by atoms with Gasteiger partial charge in [0.25, 0.3) is 0 Å². The number of esters is 1. The Morgan fingerprint density at radius 1 is 1.03 bits per heavy atom. The van der Waals surface area contributed by atoms with Crippen LogP contribution in [0.2, 0.25) is 5.02 Å². The van der Waals surface area contributed by atoms with E-state index in [4.69, 9.17) is 26.1 Å². The minimum atomic E-state index is -0.496. The first-order valence-corrected chi connectivity index (χ1v) is 12.6. The molecule has 0 unspecified atom stereocenters. The van der Waals surface area contributed by atoms with Gasteiger partial charge in [-0.15, -0.1) is 0 Å². The predicted molar refractivity (Wildman–Crippen MR) is 143 cm³/mol. The van der Waals surface area contributed by atoms with Crippen LogP contribution in [0.15, 0.2) is 66.9 Å². The predicted octanol–water partition coefficient (Wildman–Crippen LogP) is 6.17. The first-order chi connectivity index (χ1) is 17.3. The average molecular weight is 509 g/mol. The molecule has 1 aliphatic rings. The van der Waals surface area contributed by atoms with Gasteiger partial charge in [0.05, 0.1) is 6.61 Å². The Bertz CT molecular complexity index is 1130. The van der Waals surface area contributed by atoms with Crippen molar-refractivity contribution in [3.05, 3.63) is 71.9 Å². The maximum atomic E-state index is 11.9. The van der Waals surface area contributed by atoms with Gasteiger partial charge in [-0.1, -0.05) is 29.8 Å². The van der Waals surface area contributed by atoms with E-state index in [1.807, 2.05) is 69.3 Å². The lowest BCUT2D eigenvalue weighted by atomic mass is 9.98. The zero-order valence-corrected chi connectivity index (χ0v) is 21.8. The van der Waals surface area contributed by atoms with E-state index >= 15 is 0 Å². The number of hydrogen-bond acceptors (Lipinski definition) is 7. The van der Waals surface area contributed by atoms with Crippen molar-refractivity contribution in [3.8, 4) is 0 Å². The van der Waals surface area contributed by atoms with Gasteiger partial charge >= 0.3 is 5.97 Å². The van der Waals surface area contributed by atoms with Crippen LogP contribution in [0.5, 0.6) is 0 Å². The van der Waals surface area contributed by atoms with Crippen molar-refractivity contribution >= 4 is 40.7 Å². The molecule has 0 spiro atoms. The number of benzene rings is 2. The minimum absolute atomic E-state index is 0.0113. The Hall–Kier alpha value is -3.16. The second-order valence-corrected chi connectivity index (χ2v) is 10.3. The Kier molecular flexibility index (Phi) is 8.44. The van der Waals surface area contributed by atoms with Crippen molar-refractivity contribution in [3.63, 3.8) is 0 Å². The SMILES string of the molecule is CC(C)(C)OC(=O)COCC1CCN(c2nccc(N(c3ccccc3)c3ccc(Cl)cc3)n2)CC1. The molecule has 1 aromatic heterocycles. The van der Waals surface area contributed by atoms with E-state index in [1.165, 1.54) is 0 Å². The summed E-state index contributed by atoms with van der Waals surface area (Å²) in [5.41, 5.74) is 1.48. The summed E-state index contributed by atoms with van der Waals surface area (Å²) in [5.74, 6) is 1.56. The molecule has 0 amide bonds. The third-order valence-corrected chi connectivity index (χ3v) is 6.10. The number of ether oxygens (including phenoxy) is 2. The van der Waals surface area contributed by atoms with E-state index in [2.05, 4.69) is 26.9 Å². The average Bonchev–Trinajstić information content (AvgIpc) is 2.86. The first-order valence-electron chi connectivity index (χ1n) is 12.3. The van der Waals surface area contributed by atoms with Crippen molar-refractivity contribution in [1.82, 2.24) is 9.97 Å². The number of halogens is 1. The van der Waals surface area contributed by atoms with Gasteiger partial charge in [-0.3, -0.25) is 4.90 Å². The number of para-hydroxylation sites is 1. The molecule has 0 radical (unpaired) electrons. The number of hydrogen-bond donors (Lipinski definition) is 0. The van der Waals surface area contributed by atoms with Gasteiger partial charge in [0, 0.05) is 35.7 Å². The molecule has 0 N–H and O–H groups in total. The summed E-state index contributed by atoms with van der Waals surface area (Å²) < 4.78 is 10.9. The molecule has 0 aliphatic carbocycles. The maximum absolute atomic E-state index is 11.9. The fourth-order valence-electron chi connectivity index (χ4n) is 4.18. The molecular formula is C28H33ClN4O3. The zero-order valence-electron chi connectivity index (χ0n) is 21.1. The number of carbonyl (C=O) groups is 1. The molecule has 1 aliphatic heterocycles. The normalized spacial score (nSPS) is 14.5. The Morgan fingerprint density at radius 2 is 1.69 bits per heavy atom. The number of carbonyl (C=O) groups excluding carboxylic acids is 1. The summed E-state index contributed by atoms with van der Waals surface area (Å²) >= 11 is 6.14. The number of piperidine rings is 1. The van der Waals surface area contributed by atoms with Gasteiger partial charge in [-0.25, -0.2) is 9.78 Å². The van der Waals surface area contributed by atoms with Crippen LogP contribution in [0.25, 0.3) is 0 Å². The topological polar surface area (TPSA) is 67.8 Å². The molecule has 0 saturated carbocycles. The van der Waals surface area contributed by atoms with Crippen LogP contribution in [-0.2, 0) is 14.3 Å². The number of anilines is 4. The standard InChI is InChI=1S/C28H33ClN4O3/c1-28(2,3)36-26(34)20-35-19-21-14-17-32(18-15-21)27-30-16-13-25(31-27)33(23-7-5-4-6-8-23)24-11-9-22(29)10-12-24/h4-13,16,21H,14-15,17-20H2,1-3H3. The largest absolute Gasteiger partial charge is 0.458 e. The van der Waals surface area contributed by atoms with Gasteiger partial charge < -0.3 is 14.4 Å². The van der Waals surface area contributed by atoms with Gasteiger partial charge in [0.1, 0.15) is 18.0 Å². The molecule has 1 saturated heterocycles. The molecule has 0 atom stereocenters. The summed E-state index contributed by atoms with van der Waals surface area (Å²) in [5, 5.41) is 0.688. The first kappa shape index (κ1) is 25.9. The molecule has 36 heavy (non-hydrogen) atoms.